The van der Waals surface area contributed by atoms with Gasteiger partial charge in [0.2, 0.25) is 17.7 Å². The van der Waals surface area contributed by atoms with Gasteiger partial charge in [-0.25, -0.2) is 4.39 Å². The first kappa shape index (κ1) is 23.2. The fourth-order valence-corrected chi connectivity index (χ4v) is 3.49. The van der Waals surface area contributed by atoms with Crippen LogP contribution in [0.3, 0.4) is 0 Å². The van der Waals surface area contributed by atoms with Crippen LogP contribution >= 0.6 is 0 Å². The maximum absolute atomic E-state index is 14.4. The van der Waals surface area contributed by atoms with Crippen molar-refractivity contribution in [2.75, 3.05) is 32.9 Å². The highest BCUT2D eigenvalue weighted by Crippen LogP contribution is 2.35. The summed E-state index contributed by atoms with van der Waals surface area (Å²) in [6, 6.07) is 7.11. The Hall–Kier alpha value is -3.46. The van der Waals surface area contributed by atoms with Gasteiger partial charge in [-0.05, 0) is 54.8 Å². The molecule has 3 amide bonds. The van der Waals surface area contributed by atoms with Crippen molar-refractivity contribution >= 4 is 17.7 Å². The van der Waals surface area contributed by atoms with Gasteiger partial charge in [-0.15, -0.1) is 0 Å². The zero-order valence-corrected chi connectivity index (χ0v) is 17.9. The minimum Gasteiger partial charge on any atom is -0.493 e. The molecule has 1 aliphatic heterocycles. The number of ether oxygens (including phenoxy) is 2. The number of amides is 3. The highest BCUT2D eigenvalue weighted by Gasteiger charge is 2.18. The van der Waals surface area contributed by atoms with E-state index < -0.39 is 17.6 Å². The van der Waals surface area contributed by atoms with E-state index >= 15 is 0 Å². The van der Waals surface area contributed by atoms with Gasteiger partial charge in [-0.1, -0.05) is 0 Å². The maximum atomic E-state index is 14.4. The van der Waals surface area contributed by atoms with Crippen LogP contribution < -0.4 is 16.2 Å². The van der Waals surface area contributed by atoms with Gasteiger partial charge in [0, 0.05) is 36.2 Å². The third-order valence-corrected chi connectivity index (χ3v) is 5.34. The Morgan fingerprint density at radius 1 is 1.03 bits per heavy atom. The first-order chi connectivity index (χ1) is 15.3. The summed E-state index contributed by atoms with van der Waals surface area (Å²) in [6.07, 6.45) is 0.751. The van der Waals surface area contributed by atoms with Crippen LogP contribution in [0.4, 0.5) is 4.39 Å². The lowest BCUT2D eigenvalue weighted by atomic mass is 9.95. The van der Waals surface area contributed by atoms with Crippen molar-refractivity contribution in [3.8, 4) is 16.9 Å². The molecule has 1 fully saturated rings. The molecule has 170 valence electrons. The van der Waals surface area contributed by atoms with Gasteiger partial charge >= 0.3 is 0 Å². The van der Waals surface area contributed by atoms with Gasteiger partial charge in [-0.2, -0.15) is 0 Å². The van der Waals surface area contributed by atoms with Crippen LogP contribution in [0.25, 0.3) is 11.1 Å². The lowest BCUT2D eigenvalue weighted by Crippen LogP contribution is -2.40. The van der Waals surface area contributed by atoms with Gasteiger partial charge in [0.05, 0.1) is 19.8 Å². The fourth-order valence-electron chi connectivity index (χ4n) is 3.49. The van der Waals surface area contributed by atoms with Crippen molar-refractivity contribution in [2.45, 2.75) is 19.8 Å². The summed E-state index contributed by atoms with van der Waals surface area (Å²) in [6.45, 7) is 3.99. The van der Waals surface area contributed by atoms with Gasteiger partial charge < -0.3 is 25.8 Å². The Kier molecular flexibility index (Phi) is 7.42. The molecule has 2 aromatic rings. The number of hydrogen-bond acceptors (Lipinski definition) is 5. The van der Waals surface area contributed by atoms with Crippen LogP contribution in [0.2, 0.25) is 0 Å². The molecule has 1 heterocycles. The highest BCUT2D eigenvalue weighted by atomic mass is 19.1. The van der Waals surface area contributed by atoms with Crippen LogP contribution in [0, 0.1) is 12.7 Å². The second-order valence-electron chi connectivity index (χ2n) is 7.52. The summed E-state index contributed by atoms with van der Waals surface area (Å²) in [5, 5.41) is 0. The Morgan fingerprint density at radius 3 is 2.38 bits per heavy atom. The predicted molar refractivity (Wildman–Crippen MR) is 116 cm³/mol. The van der Waals surface area contributed by atoms with Crippen LogP contribution in [-0.2, 0) is 9.53 Å². The molecule has 0 saturated carbocycles. The summed E-state index contributed by atoms with van der Waals surface area (Å²) >= 11 is 0. The molecule has 0 bridgehead atoms. The van der Waals surface area contributed by atoms with E-state index in [2.05, 4.69) is 0 Å². The molecule has 0 spiro atoms. The van der Waals surface area contributed by atoms with Gasteiger partial charge in [0.25, 0.3) is 0 Å². The number of nitrogens with two attached hydrogens (primary N) is 2. The van der Waals surface area contributed by atoms with Crippen LogP contribution in [0.5, 0.6) is 5.75 Å². The molecule has 0 aliphatic carbocycles. The number of benzene rings is 2. The van der Waals surface area contributed by atoms with E-state index in [1.54, 1.807) is 17.9 Å². The first-order valence-corrected chi connectivity index (χ1v) is 10.3. The van der Waals surface area contributed by atoms with E-state index in [9.17, 15) is 18.8 Å². The smallest absolute Gasteiger partial charge is 0.248 e. The molecule has 3 rings (SSSR count). The number of primary amides is 2. The molecule has 0 radical (unpaired) electrons. The van der Waals surface area contributed by atoms with E-state index in [0.29, 0.717) is 61.6 Å². The monoisotopic (exact) mass is 443 g/mol. The maximum Gasteiger partial charge on any atom is 0.248 e. The largest absolute Gasteiger partial charge is 0.493 e. The second-order valence-corrected chi connectivity index (χ2v) is 7.52. The summed E-state index contributed by atoms with van der Waals surface area (Å²) in [7, 11) is 0. The summed E-state index contributed by atoms with van der Waals surface area (Å²) < 4.78 is 25.5. The number of halogens is 1. The fraction of sp³-hybridized carbons (Fsp3) is 0.348. The van der Waals surface area contributed by atoms with Crippen molar-refractivity contribution in [2.24, 2.45) is 11.5 Å². The summed E-state index contributed by atoms with van der Waals surface area (Å²) in [5.41, 5.74) is 12.1. The van der Waals surface area contributed by atoms with E-state index in [0.717, 1.165) is 6.07 Å². The van der Waals surface area contributed by atoms with Gasteiger partial charge in [-0.3, -0.25) is 14.4 Å². The Bertz CT molecular complexity index is 1030. The second kappa shape index (κ2) is 10.2. The normalized spacial score (nSPS) is 13.6. The number of nitrogens with zero attached hydrogens (tertiary/aromatic N) is 1. The summed E-state index contributed by atoms with van der Waals surface area (Å²) in [5.74, 6) is -1.67. The van der Waals surface area contributed by atoms with Crippen molar-refractivity contribution < 1.29 is 28.2 Å². The van der Waals surface area contributed by atoms with Gasteiger partial charge in [0.1, 0.15) is 11.6 Å². The molecule has 4 N–H and O–H groups in total. The number of morpholine rings is 1. The third-order valence-electron chi connectivity index (χ3n) is 5.34. The van der Waals surface area contributed by atoms with Gasteiger partial charge in [0.15, 0.2) is 0 Å². The molecular weight excluding hydrogens is 417 g/mol. The van der Waals surface area contributed by atoms with E-state index in [4.69, 9.17) is 20.9 Å². The molecule has 8 nitrogen and oxygen atoms in total. The predicted octanol–water partition coefficient (Wildman–Crippen LogP) is 2.02. The van der Waals surface area contributed by atoms with Crippen molar-refractivity contribution in [1.29, 1.82) is 0 Å². The molecule has 0 atom stereocenters. The van der Waals surface area contributed by atoms with E-state index in [1.807, 2.05) is 0 Å². The Labute approximate surface area is 185 Å². The molecule has 1 saturated heterocycles. The minimum atomic E-state index is -0.761. The number of carbonyl (C=O) groups is 3. The molecule has 32 heavy (non-hydrogen) atoms. The standard InChI is InChI=1S/C23H26FN3O5/c1-14-18(11-16(23(26)30)12-19(14)24)17-5-4-15(22(25)29)13-20(17)32-8-2-3-21(28)27-6-9-31-10-7-27/h4-5,11-13H,2-3,6-10H2,1H3,(H2,25,29)(H2,26,30). The number of carbonyl (C=O) groups excluding carboxylic acids is 3. The average molecular weight is 443 g/mol. The Morgan fingerprint density at radius 2 is 1.72 bits per heavy atom. The van der Waals surface area contributed by atoms with Crippen molar-refractivity contribution in [3.63, 3.8) is 0 Å². The highest BCUT2D eigenvalue weighted by molar-refractivity contribution is 5.96. The Balaban J connectivity index is 1.81. The average Bonchev–Trinajstić information content (AvgIpc) is 2.78. The number of rotatable bonds is 8. The van der Waals surface area contributed by atoms with Crippen LogP contribution in [0.15, 0.2) is 30.3 Å². The molecule has 9 heteroatoms. The number of hydrogen-bond donors (Lipinski definition) is 2. The molecule has 0 unspecified atom stereocenters. The van der Waals surface area contributed by atoms with Crippen molar-refractivity contribution in [1.82, 2.24) is 4.90 Å². The lowest BCUT2D eigenvalue weighted by molar-refractivity contribution is -0.135. The molecule has 0 aromatic heterocycles. The molecule has 1 aliphatic rings. The summed E-state index contributed by atoms with van der Waals surface area (Å²) in [4.78, 5) is 37.3. The topological polar surface area (TPSA) is 125 Å². The zero-order chi connectivity index (χ0) is 23.3. The third kappa shape index (κ3) is 5.42. The van der Waals surface area contributed by atoms with Crippen LogP contribution in [-0.4, -0.2) is 55.5 Å². The van der Waals surface area contributed by atoms with E-state index in [-0.39, 0.29) is 23.6 Å². The van der Waals surface area contributed by atoms with Crippen LogP contribution in [0.1, 0.15) is 39.1 Å². The molecular formula is C23H26FN3O5. The first-order valence-electron chi connectivity index (χ1n) is 10.3. The zero-order valence-electron chi connectivity index (χ0n) is 17.9. The quantitative estimate of drug-likeness (QED) is 0.604. The van der Waals surface area contributed by atoms with E-state index in [1.165, 1.54) is 18.2 Å². The lowest BCUT2D eigenvalue weighted by Gasteiger charge is -2.26. The van der Waals surface area contributed by atoms with Crippen molar-refractivity contribution in [3.05, 3.63) is 52.8 Å². The SMILES string of the molecule is Cc1c(F)cc(C(N)=O)cc1-c1ccc(C(N)=O)cc1OCCCC(=O)N1CCOCC1. The molecule has 2 aromatic carbocycles. The minimum absolute atomic E-state index is 0.0177.